The standard InChI is InChI=1S/C20H18FN3O6S/c1-14-4-7-17(8-5-14)31(28,29)23(12-16-3-2-10-30-16)13-20(25)22-19-11-15(24(26)27)6-9-18(19)21/h2-11H,12-13H2,1H3,(H,22,25). The zero-order chi connectivity index (χ0) is 22.6. The Balaban J connectivity index is 1.86. The summed E-state index contributed by atoms with van der Waals surface area (Å²) in [7, 11) is -4.10. The number of benzene rings is 2. The summed E-state index contributed by atoms with van der Waals surface area (Å²) >= 11 is 0. The maximum atomic E-state index is 14.0. The molecular weight excluding hydrogens is 429 g/mol. The number of non-ortho nitro benzene ring substituents is 1. The number of rotatable bonds is 8. The number of nitrogens with zero attached hydrogens (tertiary/aromatic N) is 2. The first-order valence-electron chi connectivity index (χ1n) is 9.00. The molecule has 31 heavy (non-hydrogen) atoms. The van der Waals surface area contributed by atoms with Crippen LogP contribution in [0.2, 0.25) is 0 Å². The molecule has 1 amide bonds. The molecule has 0 bridgehead atoms. The summed E-state index contributed by atoms with van der Waals surface area (Å²) in [6.07, 6.45) is 1.37. The third-order valence-corrected chi connectivity index (χ3v) is 6.13. The number of nitrogens with one attached hydrogen (secondary N) is 1. The van der Waals surface area contributed by atoms with Crippen molar-refractivity contribution in [3.05, 3.63) is 88.1 Å². The van der Waals surface area contributed by atoms with Gasteiger partial charge in [-0.15, -0.1) is 0 Å². The Labute approximate surface area is 177 Å². The van der Waals surface area contributed by atoms with Crippen LogP contribution >= 0.6 is 0 Å². The molecule has 3 rings (SSSR count). The summed E-state index contributed by atoms with van der Waals surface area (Å²) < 4.78 is 46.3. The number of nitro groups is 1. The topological polar surface area (TPSA) is 123 Å². The van der Waals surface area contributed by atoms with Gasteiger partial charge in [-0.2, -0.15) is 4.31 Å². The van der Waals surface area contributed by atoms with Crippen LogP contribution in [-0.4, -0.2) is 30.1 Å². The van der Waals surface area contributed by atoms with Gasteiger partial charge in [0.1, 0.15) is 11.6 Å². The van der Waals surface area contributed by atoms with Crippen molar-refractivity contribution in [3.63, 3.8) is 0 Å². The summed E-state index contributed by atoms with van der Waals surface area (Å²) in [6, 6.07) is 11.9. The van der Waals surface area contributed by atoms with Crippen LogP contribution in [0.25, 0.3) is 0 Å². The molecule has 0 atom stereocenters. The van der Waals surface area contributed by atoms with Crippen LogP contribution in [-0.2, 0) is 21.4 Å². The largest absolute Gasteiger partial charge is 0.468 e. The average molecular weight is 447 g/mol. The Hall–Kier alpha value is -3.57. The number of anilines is 1. The van der Waals surface area contributed by atoms with Gasteiger partial charge in [-0.3, -0.25) is 14.9 Å². The van der Waals surface area contributed by atoms with Crippen molar-refractivity contribution in [1.29, 1.82) is 0 Å². The third kappa shape index (κ3) is 5.32. The molecular formula is C20H18FN3O6S. The average Bonchev–Trinajstić information content (AvgIpc) is 3.22. The van der Waals surface area contributed by atoms with Crippen LogP contribution in [0.5, 0.6) is 0 Å². The Bertz CT molecular complexity index is 1190. The van der Waals surface area contributed by atoms with Crippen molar-refractivity contribution in [2.45, 2.75) is 18.4 Å². The van der Waals surface area contributed by atoms with E-state index in [4.69, 9.17) is 4.42 Å². The molecule has 0 spiro atoms. The molecule has 0 aliphatic carbocycles. The molecule has 0 saturated carbocycles. The van der Waals surface area contributed by atoms with Gasteiger partial charge in [0.05, 0.1) is 34.9 Å². The highest BCUT2D eigenvalue weighted by molar-refractivity contribution is 7.89. The molecule has 1 aromatic heterocycles. The summed E-state index contributed by atoms with van der Waals surface area (Å²) in [5.74, 6) is -1.47. The normalized spacial score (nSPS) is 11.5. The van der Waals surface area contributed by atoms with Gasteiger partial charge in [0.25, 0.3) is 5.69 Å². The Morgan fingerprint density at radius 1 is 1.19 bits per heavy atom. The highest BCUT2D eigenvalue weighted by atomic mass is 32.2. The molecule has 11 heteroatoms. The minimum absolute atomic E-state index is 0.0287. The summed E-state index contributed by atoms with van der Waals surface area (Å²) in [5.41, 5.74) is 0.0109. The van der Waals surface area contributed by atoms with Gasteiger partial charge in [0.15, 0.2) is 0 Å². The Kier molecular flexibility index (Phi) is 6.47. The third-order valence-electron chi connectivity index (χ3n) is 4.33. The van der Waals surface area contributed by atoms with E-state index < -0.39 is 44.6 Å². The van der Waals surface area contributed by atoms with E-state index in [1.54, 1.807) is 31.2 Å². The number of sulfonamides is 1. The van der Waals surface area contributed by atoms with Gasteiger partial charge in [-0.05, 0) is 37.3 Å². The fraction of sp³-hybridized carbons (Fsp3) is 0.150. The quantitative estimate of drug-likeness (QED) is 0.417. The van der Waals surface area contributed by atoms with E-state index in [9.17, 15) is 27.7 Å². The highest BCUT2D eigenvalue weighted by Crippen LogP contribution is 2.23. The van der Waals surface area contributed by atoms with Crippen LogP contribution in [0.3, 0.4) is 0 Å². The van der Waals surface area contributed by atoms with E-state index in [0.29, 0.717) is 5.76 Å². The lowest BCUT2D eigenvalue weighted by atomic mass is 10.2. The monoisotopic (exact) mass is 447 g/mol. The molecule has 3 aromatic rings. The van der Waals surface area contributed by atoms with Crippen LogP contribution < -0.4 is 5.32 Å². The second-order valence-electron chi connectivity index (χ2n) is 6.63. The lowest BCUT2D eigenvalue weighted by molar-refractivity contribution is -0.384. The maximum absolute atomic E-state index is 14.0. The first-order valence-corrected chi connectivity index (χ1v) is 10.4. The molecule has 0 fully saturated rings. The second kappa shape index (κ2) is 9.06. The van der Waals surface area contributed by atoms with Crippen molar-refractivity contribution in [3.8, 4) is 0 Å². The van der Waals surface area contributed by atoms with Crippen molar-refractivity contribution in [2.75, 3.05) is 11.9 Å². The minimum atomic E-state index is -4.10. The molecule has 162 valence electrons. The zero-order valence-corrected chi connectivity index (χ0v) is 17.1. The van der Waals surface area contributed by atoms with Gasteiger partial charge >= 0.3 is 0 Å². The Morgan fingerprint density at radius 3 is 2.52 bits per heavy atom. The molecule has 9 nitrogen and oxygen atoms in total. The molecule has 0 saturated heterocycles. The van der Waals surface area contributed by atoms with E-state index >= 15 is 0 Å². The first-order chi connectivity index (χ1) is 14.7. The van der Waals surface area contributed by atoms with E-state index in [1.165, 1.54) is 18.4 Å². The number of nitro benzene ring substituents is 1. The lowest BCUT2D eigenvalue weighted by Crippen LogP contribution is -2.37. The number of amides is 1. The Morgan fingerprint density at radius 2 is 1.90 bits per heavy atom. The predicted octanol–water partition coefficient (Wildman–Crippen LogP) is 3.46. The number of aryl methyl sites for hydroxylation is 1. The van der Waals surface area contributed by atoms with Crippen LogP contribution in [0.4, 0.5) is 15.8 Å². The fourth-order valence-electron chi connectivity index (χ4n) is 2.73. The SMILES string of the molecule is Cc1ccc(S(=O)(=O)N(CC(=O)Nc2cc([N+](=O)[O-])ccc2F)Cc2ccco2)cc1. The molecule has 0 aliphatic rings. The molecule has 2 aromatic carbocycles. The van der Waals surface area contributed by atoms with Crippen molar-refractivity contribution in [2.24, 2.45) is 0 Å². The van der Waals surface area contributed by atoms with Crippen LogP contribution in [0, 0.1) is 22.9 Å². The molecule has 1 N–H and O–H groups in total. The number of hydrogen-bond donors (Lipinski definition) is 1. The first kappa shape index (κ1) is 22.1. The molecule has 0 unspecified atom stereocenters. The smallest absolute Gasteiger partial charge is 0.271 e. The van der Waals surface area contributed by atoms with E-state index in [1.807, 2.05) is 0 Å². The van der Waals surface area contributed by atoms with Crippen molar-refractivity contribution in [1.82, 2.24) is 4.31 Å². The summed E-state index contributed by atoms with van der Waals surface area (Å²) in [6.45, 7) is 0.894. The van der Waals surface area contributed by atoms with Crippen molar-refractivity contribution < 1.29 is 26.9 Å². The molecule has 0 aliphatic heterocycles. The van der Waals surface area contributed by atoms with Crippen LogP contribution in [0.1, 0.15) is 11.3 Å². The van der Waals surface area contributed by atoms with Gasteiger partial charge in [-0.25, -0.2) is 12.8 Å². The lowest BCUT2D eigenvalue weighted by Gasteiger charge is -2.21. The summed E-state index contributed by atoms with van der Waals surface area (Å²) in [5, 5.41) is 13.1. The second-order valence-corrected chi connectivity index (χ2v) is 8.57. The van der Waals surface area contributed by atoms with Gasteiger partial charge in [0.2, 0.25) is 15.9 Å². The fourth-order valence-corrected chi connectivity index (χ4v) is 4.10. The number of carbonyl (C=O) groups excluding carboxylic acids is 1. The van der Waals surface area contributed by atoms with Gasteiger partial charge in [-0.1, -0.05) is 17.7 Å². The number of hydrogen-bond acceptors (Lipinski definition) is 6. The van der Waals surface area contributed by atoms with Gasteiger partial charge < -0.3 is 9.73 Å². The number of furan rings is 1. The zero-order valence-electron chi connectivity index (χ0n) is 16.3. The van der Waals surface area contributed by atoms with E-state index in [2.05, 4.69) is 5.32 Å². The molecule has 1 heterocycles. The van der Waals surface area contributed by atoms with E-state index in [-0.39, 0.29) is 11.4 Å². The number of carbonyl (C=O) groups is 1. The number of halogens is 1. The van der Waals surface area contributed by atoms with E-state index in [0.717, 1.165) is 28.1 Å². The molecule has 0 radical (unpaired) electrons. The maximum Gasteiger partial charge on any atom is 0.271 e. The van der Waals surface area contributed by atoms with Crippen molar-refractivity contribution >= 4 is 27.3 Å². The van der Waals surface area contributed by atoms with Crippen LogP contribution in [0.15, 0.2) is 70.2 Å². The predicted molar refractivity (Wildman–Crippen MR) is 109 cm³/mol. The highest BCUT2D eigenvalue weighted by Gasteiger charge is 2.28. The van der Waals surface area contributed by atoms with Gasteiger partial charge in [0, 0.05) is 12.1 Å². The minimum Gasteiger partial charge on any atom is -0.468 e. The summed E-state index contributed by atoms with van der Waals surface area (Å²) in [4.78, 5) is 22.7.